The number of nitrogens with one attached hydrogen (secondary N) is 1. The molecule has 0 bridgehead atoms. The molecule has 4 nitrogen and oxygen atoms in total. The molecule has 2 N–H and O–H groups in total. The maximum atomic E-state index is 11.6. The fourth-order valence-electron chi connectivity index (χ4n) is 3.23. The van der Waals surface area contributed by atoms with Crippen molar-refractivity contribution in [1.29, 1.82) is 0 Å². The van der Waals surface area contributed by atoms with Crippen LogP contribution in [0.2, 0.25) is 0 Å². The second-order valence-corrected chi connectivity index (χ2v) is 8.26. The van der Waals surface area contributed by atoms with Gasteiger partial charge < -0.3 is 10.4 Å². The fraction of sp³-hybridized carbons (Fsp3) is 1.00. The molecule has 2 fully saturated rings. The maximum Gasteiger partial charge on any atom is 0.150 e. The third-order valence-corrected chi connectivity index (χ3v) is 6.02. The monoisotopic (exact) mass is 261 g/mol. The first kappa shape index (κ1) is 13.3. The van der Waals surface area contributed by atoms with E-state index in [1.807, 2.05) is 6.92 Å². The second-order valence-electron chi connectivity index (χ2n) is 6.03. The van der Waals surface area contributed by atoms with Crippen LogP contribution in [0, 0.1) is 11.8 Å². The van der Waals surface area contributed by atoms with Crippen molar-refractivity contribution >= 4 is 9.84 Å². The molecule has 0 spiro atoms. The van der Waals surface area contributed by atoms with Crippen LogP contribution in [0.1, 0.15) is 32.6 Å². The molecule has 0 aromatic carbocycles. The van der Waals surface area contributed by atoms with E-state index in [1.54, 1.807) is 0 Å². The first-order chi connectivity index (χ1) is 7.92. The molecule has 0 aromatic heterocycles. The summed E-state index contributed by atoms with van der Waals surface area (Å²) in [5, 5.41) is 12.6. The van der Waals surface area contributed by atoms with Crippen LogP contribution >= 0.6 is 0 Å². The molecule has 2 heterocycles. The van der Waals surface area contributed by atoms with Crippen LogP contribution in [0.25, 0.3) is 0 Å². The summed E-state index contributed by atoms with van der Waals surface area (Å²) in [6.07, 6.45) is 3.82. The highest BCUT2D eigenvalue weighted by atomic mass is 32.2. The molecule has 3 unspecified atom stereocenters. The van der Waals surface area contributed by atoms with Gasteiger partial charge in [-0.25, -0.2) is 8.42 Å². The molecule has 100 valence electrons. The highest BCUT2D eigenvalue weighted by Crippen LogP contribution is 2.32. The number of hydrogen-bond acceptors (Lipinski definition) is 4. The van der Waals surface area contributed by atoms with E-state index in [0.29, 0.717) is 23.3 Å². The third kappa shape index (κ3) is 3.42. The smallest absolute Gasteiger partial charge is 0.150 e. The zero-order chi connectivity index (χ0) is 12.5. The molecule has 0 amide bonds. The van der Waals surface area contributed by atoms with E-state index in [-0.39, 0.29) is 12.1 Å². The fourth-order valence-corrected chi connectivity index (χ4v) is 5.03. The quantitative estimate of drug-likeness (QED) is 0.779. The van der Waals surface area contributed by atoms with Gasteiger partial charge in [0.25, 0.3) is 0 Å². The minimum atomic E-state index is -2.78. The minimum absolute atomic E-state index is 0.155. The third-order valence-electron chi connectivity index (χ3n) is 4.13. The van der Waals surface area contributed by atoms with Crippen molar-refractivity contribution in [3.63, 3.8) is 0 Å². The van der Waals surface area contributed by atoms with Crippen LogP contribution < -0.4 is 5.32 Å². The zero-order valence-corrected chi connectivity index (χ0v) is 11.3. The molecule has 0 aliphatic carbocycles. The SMILES string of the molecule is CC1(CO)CC(CC2CCCS(=O)(=O)C2)CN1. The first-order valence-electron chi connectivity index (χ1n) is 6.49. The Hall–Kier alpha value is -0.130. The molecule has 0 aromatic rings. The molecular weight excluding hydrogens is 238 g/mol. The number of rotatable bonds is 3. The van der Waals surface area contributed by atoms with E-state index >= 15 is 0 Å². The van der Waals surface area contributed by atoms with Gasteiger partial charge in [0.05, 0.1) is 18.1 Å². The van der Waals surface area contributed by atoms with E-state index in [4.69, 9.17) is 0 Å². The molecule has 2 saturated heterocycles. The Kier molecular flexibility index (Phi) is 3.80. The first-order valence-corrected chi connectivity index (χ1v) is 8.31. The van der Waals surface area contributed by atoms with Gasteiger partial charge in [0, 0.05) is 5.54 Å². The average molecular weight is 261 g/mol. The van der Waals surface area contributed by atoms with Crippen molar-refractivity contribution in [2.75, 3.05) is 24.7 Å². The van der Waals surface area contributed by atoms with Gasteiger partial charge in [-0.1, -0.05) is 0 Å². The largest absolute Gasteiger partial charge is 0.394 e. The van der Waals surface area contributed by atoms with Gasteiger partial charge in [-0.2, -0.15) is 0 Å². The van der Waals surface area contributed by atoms with Crippen LogP contribution in [0.5, 0.6) is 0 Å². The molecule has 0 radical (unpaired) electrons. The normalized spacial score (nSPS) is 41.5. The maximum absolute atomic E-state index is 11.6. The average Bonchev–Trinajstić information content (AvgIpc) is 2.60. The molecule has 3 atom stereocenters. The summed E-state index contributed by atoms with van der Waals surface area (Å²) < 4.78 is 23.1. The molecule has 0 saturated carbocycles. The Morgan fingerprint density at radius 3 is 2.76 bits per heavy atom. The van der Waals surface area contributed by atoms with Gasteiger partial charge in [-0.3, -0.25) is 0 Å². The lowest BCUT2D eigenvalue weighted by Gasteiger charge is -2.25. The molecule has 2 rings (SSSR count). The Bertz CT molecular complexity index is 368. The van der Waals surface area contributed by atoms with Crippen molar-refractivity contribution < 1.29 is 13.5 Å². The number of aliphatic hydroxyl groups is 1. The molecule has 2 aliphatic heterocycles. The molecule has 5 heteroatoms. The Balaban J connectivity index is 1.86. The highest BCUT2D eigenvalue weighted by Gasteiger charge is 2.36. The van der Waals surface area contributed by atoms with Crippen LogP contribution in [-0.4, -0.2) is 43.7 Å². The van der Waals surface area contributed by atoms with Crippen molar-refractivity contribution in [3.8, 4) is 0 Å². The molecule has 17 heavy (non-hydrogen) atoms. The standard InChI is InChI=1S/C12H23NO3S/c1-12(9-14)6-11(7-13-12)5-10-3-2-4-17(15,16)8-10/h10-11,13-14H,2-9H2,1H3. The summed E-state index contributed by atoms with van der Waals surface area (Å²) in [5.74, 6) is 1.60. The topological polar surface area (TPSA) is 66.4 Å². The van der Waals surface area contributed by atoms with Crippen LogP contribution in [0.4, 0.5) is 0 Å². The van der Waals surface area contributed by atoms with Crippen LogP contribution in [0.15, 0.2) is 0 Å². The summed E-state index contributed by atoms with van der Waals surface area (Å²) in [6, 6.07) is 0. The predicted octanol–water partition coefficient (Wildman–Crippen LogP) is 0.562. The summed E-state index contributed by atoms with van der Waals surface area (Å²) in [5.41, 5.74) is -0.155. The van der Waals surface area contributed by atoms with E-state index < -0.39 is 9.84 Å². The lowest BCUT2D eigenvalue weighted by Crippen LogP contribution is -2.39. The van der Waals surface area contributed by atoms with Gasteiger partial charge in [0.15, 0.2) is 9.84 Å². The second kappa shape index (κ2) is 4.86. The summed E-state index contributed by atoms with van der Waals surface area (Å²) in [6.45, 7) is 3.10. The Labute approximate surface area is 104 Å². The van der Waals surface area contributed by atoms with Gasteiger partial charge >= 0.3 is 0 Å². The Morgan fingerprint density at radius 2 is 2.18 bits per heavy atom. The van der Waals surface area contributed by atoms with Crippen LogP contribution in [-0.2, 0) is 9.84 Å². The predicted molar refractivity (Wildman–Crippen MR) is 67.6 cm³/mol. The summed E-state index contributed by atoms with van der Waals surface area (Å²) >= 11 is 0. The lowest BCUT2D eigenvalue weighted by atomic mass is 9.87. The lowest BCUT2D eigenvalue weighted by molar-refractivity contribution is 0.187. The highest BCUT2D eigenvalue weighted by molar-refractivity contribution is 7.91. The van der Waals surface area contributed by atoms with Gasteiger partial charge in [-0.05, 0) is 51.0 Å². The number of aliphatic hydroxyl groups excluding tert-OH is 1. The van der Waals surface area contributed by atoms with Crippen molar-refractivity contribution in [3.05, 3.63) is 0 Å². The van der Waals surface area contributed by atoms with Crippen LogP contribution in [0.3, 0.4) is 0 Å². The number of sulfone groups is 1. The summed E-state index contributed by atoms with van der Waals surface area (Å²) in [4.78, 5) is 0. The van der Waals surface area contributed by atoms with E-state index in [1.165, 1.54) is 0 Å². The van der Waals surface area contributed by atoms with Gasteiger partial charge in [-0.15, -0.1) is 0 Å². The van der Waals surface area contributed by atoms with E-state index in [9.17, 15) is 13.5 Å². The number of hydrogen-bond donors (Lipinski definition) is 2. The zero-order valence-electron chi connectivity index (χ0n) is 10.5. The van der Waals surface area contributed by atoms with Crippen molar-refractivity contribution in [2.45, 2.75) is 38.1 Å². The molecular formula is C12H23NO3S. The van der Waals surface area contributed by atoms with Crippen molar-refractivity contribution in [1.82, 2.24) is 5.32 Å². The minimum Gasteiger partial charge on any atom is -0.394 e. The van der Waals surface area contributed by atoms with E-state index in [0.717, 1.165) is 32.2 Å². The van der Waals surface area contributed by atoms with Crippen molar-refractivity contribution in [2.24, 2.45) is 11.8 Å². The summed E-state index contributed by atoms with van der Waals surface area (Å²) in [7, 11) is -2.78. The van der Waals surface area contributed by atoms with Gasteiger partial charge in [0.2, 0.25) is 0 Å². The van der Waals surface area contributed by atoms with E-state index in [2.05, 4.69) is 5.32 Å². The van der Waals surface area contributed by atoms with Gasteiger partial charge in [0.1, 0.15) is 0 Å². The Morgan fingerprint density at radius 1 is 1.41 bits per heavy atom. The molecule has 2 aliphatic rings.